The molecule has 0 heterocycles. The summed E-state index contributed by atoms with van der Waals surface area (Å²) in [5.74, 6) is 0. The van der Waals surface area contributed by atoms with Crippen LogP contribution in [0.3, 0.4) is 0 Å². The molecule has 0 saturated heterocycles. The fourth-order valence-corrected chi connectivity index (χ4v) is 0.418. The largest absolute Gasteiger partial charge is 0.276 e. The Kier molecular flexibility index (Phi) is 4.03. The highest BCUT2D eigenvalue weighted by atomic mass is 32.2. The zero-order chi connectivity index (χ0) is 5.70. The molecule has 2 nitrogen and oxygen atoms in total. The van der Waals surface area contributed by atoms with Gasteiger partial charge in [-0.2, -0.15) is 0 Å². The highest BCUT2D eigenvalue weighted by Crippen LogP contribution is 1.73. The minimum atomic E-state index is 0.327. The van der Waals surface area contributed by atoms with Gasteiger partial charge >= 0.3 is 0 Å². The van der Waals surface area contributed by atoms with Crippen LogP contribution in [0, 0.1) is 4.78 Å². The molecule has 7 heavy (non-hydrogen) atoms. The van der Waals surface area contributed by atoms with Crippen molar-refractivity contribution in [3.8, 4) is 0 Å². The van der Waals surface area contributed by atoms with Gasteiger partial charge in [0.2, 0.25) is 0 Å². The Bertz CT molecular complexity index is 108. The van der Waals surface area contributed by atoms with Crippen molar-refractivity contribution in [1.29, 1.82) is 4.78 Å². The number of hydrogen-bond donors (Lipinski definition) is 2. The van der Waals surface area contributed by atoms with E-state index in [1.807, 2.05) is 0 Å². The van der Waals surface area contributed by atoms with Gasteiger partial charge < -0.3 is 0 Å². The van der Waals surface area contributed by atoms with Crippen LogP contribution in [-0.4, -0.2) is 10.5 Å². The molecule has 0 fully saturated rings. The summed E-state index contributed by atoms with van der Waals surface area (Å²) in [5.41, 5.74) is 0. The maximum absolute atomic E-state index is 6.63. The molecule has 0 unspecified atom stereocenters. The highest BCUT2D eigenvalue weighted by molar-refractivity contribution is 8.03. The monoisotopic (exact) mass is 134 g/mol. The summed E-state index contributed by atoms with van der Waals surface area (Å²) in [4.78, 5) is 3.65. The Hall–Kier alpha value is -0.0900. The topological polar surface area (TPSA) is 36.2 Å². The fourth-order valence-electron chi connectivity index (χ4n) is 0.139. The number of nitrogens with one attached hydrogen (secondary N) is 1. The summed E-state index contributed by atoms with van der Waals surface area (Å²) in [6, 6.07) is 0. The van der Waals surface area contributed by atoms with Gasteiger partial charge in [0, 0.05) is 6.21 Å². The zero-order valence-corrected chi connectivity index (χ0v) is 5.59. The molecular formula is C3H6N2S2. The van der Waals surface area contributed by atoms with Crippen LogP contribution in [0.2, 0.25) is 0 Å². The Labute approximate surface area is 51.6 Å². The molecule has 0 rings (SSSR count). The van der Waals surface area contributed by atoms with Gasteiger partial charge in [-0.3, -0.25) is 4.78 Å². The van der Waals surface area contributed by atoms with Gasteiger partial charge in [0.1, 0.15) is 0 Å². The standard InChI is InChI=1S/C3H6N2S2/c1-2-5-3(6)7-4/h2,4,7H,1H3. The van der Waals surface area contributed by atoms with Crippen LogP contribution in [0.1, 0.15) is 6.92 Å². The van der Waals surface area contributed by atoms with Crippen molar-refractivity contribution in [3.63, 3.8) is 0 Å². The molecule has 1 N–H and O–H groups in total. The molecule has 0 aliphatic carbocycles. The number of aliphatic imine (C=N–C) groups is 1. The molecule has 0 atom stereocenters. The van der Waals surface area contributed by atoms with Crippen LogP contribution < -0.4 is 0 Å². The normalized spacial score (nSPS) is 9.86. The molecule has 40 valence electrons. The second-order valence-corrected chi connectivity index (χ2v) is 2.12. The summed E-state index contributed by atoms with van der Waals surface area (Å²) >= 11 is 4.88. The summed E-state index contributed by atoms with van der Waals surface area (Å²) in [6.07, 6.45) is 1.59. The number of hydrogen-bond acceptors (Lipinski definition) is 2. The molecule has 0 aromatic rings. The summed E-state index contributed by atoms with van der Waals surface area (Å²) in [6.45, 7) is 1.78. The van der Waals surface area contributed by atoms with Gasteiger partial charge in [-0.1, -0.05) is 11.6 Å². The van der Waals surface area contributed by atoms with Crippen LogP contribution in [0.25, 0.3) is 0 Å². The third-order valence-corrected chi connectivity index (χ3v) is 1.02. The van der Waals surface area contributed by atoms with Gasteiger partial charge in [0.25, 0.3) is 0 Å². The van der Waals surface area contributed by atoms with E-state index in [4.69, 9.17) is 4.78 Å². The van der Waals surface area contributed by atoms with Crippen molar-refractivity contribution in [2.75, 3.05) is 0 Å². The maximum atomic E-state index is 6.63. The van der Waals surface area contributed by atoms with E-state index in [0.717, 1.165) is 0 Å². The molecular weight excluding hydrogens is 128 g/mol. The smallest absolute Gasteiger partial charge is 0.166 e. The maximum Gasteiger partial charge on any atom is 0.166 e. The predicted octanol–water partition coefficient (Wildman–Crippen LogP) is 0.939. The first kappa shape index (κ1) is 6.91. The fraction of sp³-hybridized carbons (Fsp3) is 0.333. The van der Waals surface area contributed by atoms with Gasteiger partial charge in [-0.05, 0) is 19.1 Å². The Morgan fingerprint density at radius 1 is 2.00 bits per heavy atom. The second kappa shape index (κ2) is 4.08. The van der Waals surface area contributed by atoms with Crippen LogP contribution in [-0.2, 0) is 11.6 Å². The number of thiocarbonyl (C=S) groups is 1. The lowest BCUT2D eigenvalue weighted by Crippen LogP contribution is -1.80. The first-order chi connectivity index (χ1) is 3.31. The number of nitrogens with zero attached hydrogens (tertiary/aromatic N) is 1. The van der Waals surface area contributed by atoms with Crippen LogP contribution in [0.15, 0.2) is 4.99 Å². The lowest BCUT2D eigenvalue weighted by atomic mass is 10.9. The predicted molar refractivity (Wildman–Crippen MR) is 38.2 cm³/mol. The van der Waals surface area contributed by atoms with Crippen molar-refractivity contribution >= 4 is 34.3 Å². The third kappa shape index (κ3) is 3.75. The van der Waals surface area contributed by atoms with Gasteiger partial charge in [0.15, 0.2) is 4.32 Å². The molecule has 0 bridgehead atoms. The molecule has 4 heteroatoms. The molecule has 0 aromatic heterocycles. The van der Waals surface area contributed by atoms with Gasteiger partial charge in [-0.25, -0.2) is 4.99 Å². The third-order valence-electron chi connectivity index (χ3n) is 0.335. The minimum Gasteiger partial charge on any atom is -0.276 e. The van der Waals surface area contributed by atoms with Gasteiger partial charge in [-0.15, -0.1) is 0 Å². The zero-order valence-electron chi connectivity index (χ0n) is 3.88. The molecule has 0 aromatic carbocycles. The molecule has 0 spiro atoms. The van der Waals surface area contributed by atoms with Crippen LogP contribution >= 0.6 is 12.2 Å². The van der Waals surface area contributed by atoms with Crippen molar-refractivity contribution in [2.24, 2.45) is 4.99 Å². The minimum absolute atomic E-state index is 0.327. The van der Waals surface area contributed by atoms with E-state index in [1.165, 1.54) is 0 Å². The summed E-state index contributed by atoms with van der Waals surface area (Å²) in [7, 11) is 0. The van der Waals surface area contributed by atoms with Crippen LogP contribution in [0.4, 0.5) is 0 Å². The van der Waals surface area contributed by atoms with E-state index < -0.39 is 0 Å². The molecule has 0 amide bonds. The average molecular weight is 134 g/mol. The van der Waals surface area contributed by atoms with Gasteiger partial charge in [0.05, 0.1) is 0 Å². The molecule has 0 radical (unpaired) electrons. The average Bonchev–Trinajstić information content (AvgIpc) is 1.68. The number of rotatable bonds is 0. The van der Waals surface area contributed by atoms with E-state index in [-0.39, 0.29) is 0 Å². The van der Waals surface area contributed by atoms with Crippen molar-refractivity contribution < 1.29 is 0 Å². The first-order valence-corrected chi connectivity index (χ1v) is 3.01. The Morgan fingerprint density at radius 3 is 2.71 bits per heavy atom. The van der Waals surface area contributed by atoms with E-state index in [2.05, 4.69) is 17.2 Å². The Morgan fingerprint density at radius 2 is 2.57 bits per heavy atom. The highest BCUT2D eigenvalue weighted by Gasteiger charge is 1.74. The van der Waals surface area contributed by atoms with E-state index >= 15 is 0 Å². The first-order valence-electron chi connectivity index (χ1n) is 1.71. The van der Waals surface area contributed by atoms with E-state index in [1.54, 1.807) is 13.1 Å². The SMILES string of the molecule is CC=NC(=S)[SH]=N. The number of thiol groups is 1. The van der Waals surface area contributed by atoms with Crippen LogP contribution in [0.5, 0.6) is 0 Å². The summed E-state index contributed by atoms with van der Waals surface area (Å²) < 4.78 is 7.05. The lowest BCUT2D eigenvalue weighted by molar-refractivity contribution is 1.66. The second-order valence-electron chi connectivity index (χ2n) is 0.782. The van der Waals surface area contributed by atoms with Crippen molar-refractivity contribution in [3.05, 3.63) is 0 Å². The Balaban J connectivity index is 3.58. The van der Waals surface area contributed by atoms with Crippen molar-refractivity contribution in [2.45, 2.75) is 6.92 Å². The molecule has 0 aliphatic heterocycles. The van der Waals surface area contributed by atoms with E-state index in [9.17, 15) is 0 Å². The van der Waals surface area contributed by atoms with E-state index in [0.29, 0.717) is 15.9 Å². The lowest BCUT2D eigenvalue weighted by Gasteiger charge is -1.76. The van der Waals surface area contributed by atoms with Crippen molar-refractivity contribution in [1.82, 2.24) is 0 Å². The quantitative estimate of drug-likeness (QED) is 0.289. The molecule has 0 aliphatic rings. The molecule has 0 saturated carbocycles. The summed E-state index contributed by atoms with van der Waals surface area (Å²) in [5, 5.41) is 0.